The number of hydrogen-bond acceptors (Lipinski definition) is 10. The molecule has 15 nitrogen and oxygen atoms in total. The Morgan fingerprint density at radius 2 is 1.89 bits per heavy atom. The second-order valence-electron chi connectivity index (χ2n) is 15.3. The Morgan fingerprint density at radius 3 is 2.55 bits per heavy atom. The van der Waals surface area contributed by atoms with Crippen molar-refractivity contribution in [2.75, 3.05) is 13.7 Å². The molecule has 1 aromatic carbocycles. The topological polar surface area (TPSA) is 206 Å². The van der Waals surface area contributed by atoms with Crippen LogP contribution in [-0.4, -0.2) is 94.8 Å². The molecule has 2 aromatic rings. The number of carboxylic acid groups (broad SMARTS) is 1. The van der Waals surface area contributed by atoms with E-state index < -0.39 is 68.7 Å². The van der Waals surface area contributed by atoms with Crippen molar-refractivity contribution < 1.29 is 42.2 Å². The van der Waals surface area contributed by atoms with Gasteiger partial charge in [-0.2, -0.15) is 0 Å². The van der Waals surface area contributed by atoms with Gasteiger partial charge in [-0.25, -0.2) is 23.2 Å². The zero-order valence-corrected chi connectivity index (χ0v) is 31.6. The number of benzene rings is 1. The summed E-state index contributed by atoms with van der Waals surface area (Å²) in [5, 5.41) is 14.5. The number of sulfonamides is 1. The molecular formula is C37H50N6O9S. The van der Waals surface area contributed by atoms with Crippen molar-refractivity contribution in [2.24, 2.45) is 17.8 Å². The van der Waals surface area contributed by atoms with Crippen molar-refractivity contribution in [1.82, 2.24) is 30.2 Å². The van der Waals surface area contributed by atoms with Crippen LogP contribution in [0.4, 0.5) is 4.79 Å². The fraction of sp³-hybridized carbons (Fsp3) is 0.622. The molecule has 0 bridgehead atoms. The molecule has 4 aliphatic rings. The number of ether oxygens (including phenoxy) is 2. The third kappa shape index (κ3) is 8.21. The Morgan fingerprint density at radius 1 is 1.13 bits per heavy atom. The van der Waals surface area contributed by atoms with Crippen LogP contribution in [0.1, 0.15) is 90.7 Å². The lowest BCUT2D eigenvalue weighted by Gasteiger charge is -2.33. The number of amides is 4. The maximum atomic E-state index is 14.6. The van der Waals surface area contributed by atoms with Crippen molar-refractivity contribution >= 4 is 44.9 Å². The average Bonchev–Trinajstić information content (AvgIpc) is 4.04. The van der Waals surface area contributed by atoms with Gasteiger partial charge < -0.3 is 30.1 Å². The van der Waals surface area contributed by atoms with E-state index in [1.807, 2.05) is 32.9 Å². The molecule has 2 aliphatic carbocycles. The van der Waals surface area contributed by atoms with Crippen molar-refractivity contribution in [3.05, 3.63) is 36.0 Å². The second-order valence-corrected chi connectivity index (χ2v) is 17.3. The molecule has 4 N–H and O–H groups in total. The highest BCUT2D eigenvalue weighted by Crippen LogP contribution is 2.46. The number of fused-ring (bicyclic) bond motifs is 3. The van der Waals surface area contributed by atoms with E-state index in [1.165, 1.54) is 4.90 Å². The van der Waals surface area contributed by atoms with Gasteiger partial charge in [0.25, 0.3) is 5.91 Å². The van der Waals surface area contributed by atoms with Gasteiger partial charge in [-0.3, -0.25) is 19.1 Å². The van der Waals surface area contributed by atoms with Crippen molar-refractivity contribution in [3.63, 3.8) is 0 Å². The van der Waals surface area contributed by atoms with Gasteiger partial charge in [0.05, 0.1) is 29.9 Å². The summed E-state index contributed by atoms with van der Waals surface area (Å²) in [5.74, 6) is -2.03. The molecule has 288 valence electrons. The van der Waals surface area contributed by atoms with Crippen LogP contribution in [0.15, 0.2) is 30.4 Å². The van der Waals surface area contributed by atoms with E-state index in [0.717, 1.165) is 6.42 Å². The van der Waals surface area contributed by atoms with Gasteiger partial charge in [0.1, 0.15) is 35.2 Å². The summed E-state index contributed by atoms with van der Waals surface area (Å²) in [6.07, 6.45) is 5.25. The summed E-state index contributed by atoms with van der Waals surface area (Å²) >= 11 is 0. The lowest BCUT2D eigenvalue weighted by molar-refractivity contribution is -0.142. The maximum absolute atomic E-state index is 14.6. The van der Waals surface area contributed by atoms with Crippen LogP contribution in [0.25, 0.3) is 11.0 Å². The summed E-state index contributed by atoms with van der Waals surface area (Å²) in [6, 6.07) is 3.00. The van der Waals surface area contributed by atoms with E-state index >= 15 is 0 Å². The Bertz CT molecular complexity index is 1900. The number of methoxy groups -OCH3 is 1. The average molecular weight is 755 g/mol. The van der Waals surface area contributed by atoms with E-state index in [9.17, 15) is 32.7 Å². The number of carbonyl (C=O) groups excluding carboxylic acids is 3. The molecule has 53 heavy (non-hydrogen) atoms. The zero-order chi connectivity index (χ0) is 38.2. The molecule has 2 saturated carbocycles. The maximum Gasteiger partial charge on any atom is 0.405 e. The van der Waals surface area contributed by atoms with Crippen LogP contribution in [0, 0.1) is 17.8 Å². The first-order valence-electron chi connectivity index (χ1n) is 18.5. The third-order valence-corrected chi connectivity index (χ3v) is 12.8. The molecule has 4 amide bonds. The molecule has 2 aliphatic heterocycles. The van der Waals surface area contributed by atoms with E-state index in [-0.39, 0.29) is 43.0 Å². The van der Waals surface area contributed by atoms with Crippen LogP contribution in [0.2, 0.25) is 0 Å². The number of nitrogens with one attached hydrogen (secondary N) is 3. The number of hydrogen-bond donors (Lipinski definition) is 4. The summed E-state index contributed by atoms with van der Waals surface area (Å²) in [6.45, 7) is 7.78. The molecule has 16 heteroatoms. The number of nitrogens with zero attached hydrogens (tertiary/aromatic N) is 3. The minimum atomic E-state index is -3.91. The normalized spacial score (nSPS) is 30.0. The predicted molar refractivity (Wildman–Crippen MR) is 195 cm³/mol. The number of rotatable bonds is 9. The van der Waals surface area contributed by atoms with Gasteiger partial charge in [-0.05, 0) is 62.5 Å². The fourth-order valence-electron chi connectivity index (χ4n) is 7.63. The first-order valence-corrected chi connectivity index (χ1v) is 20.1. The Kier molecular flexibility index (Phi) is 10.9. The molecule has 2 unspecified atom stereocenters. The highest BCUT2D eigenvalue weighted by atomic mass is 32.2. The van der Waals surface area contributed by atoms with Crippen LogP contribution < -0.4 is 24.8 Å². The summed E-state index contributed by atoms with van der Waals surface area (Å²) in [5.41, 5.74) is 0.206. The quantitative estimate of drug-likeness (QED) is 0.272. The number of allylic oxidation sites excluding steroid dienone is 1. The van der Waals surface area contributed by atoms with Crippen LogP contribution in [-0.2, 0) is 24.4 Å². The van der Waals surface area contributed by atoms with Gasteiger partial charge in [0.2, 0.25) is 27.7 Å². The van der Waals surface area contributed by atoms with E-state index in [0.29, 0.717) is 54.6 Å². The van der Waals surface area contributed by atoms with Gasteiger partial charge >= 0.3 is 6.09 Å². The molecule has 3 heterocycles. The highest BCUT2D eigenvalue weighted by molar-refractivity contribution is 7.91. The summed E-state index contributed by atoms with van der Waals surface area (Å²) in [7, 11) is -2.36. The minimum Gasteiger partial charge on any atom is -0.497 e. The summed E-state index contributed by atoms with van der Waals surface area (Å²) < 4.78 is 39.8. The molecule has 0 spiro atoms. The molecule has 1 aromatic heterocycles. The lowest BCUT2D eigenvalue weighted by atomic mass is 9.85. The monoisotopic (exact) mass is 754 g/mol. The number of carbonyl (C=O) groups is 4. The van der Waals surface area contributed by atoms with Crippen LogP contribution in [0.5, 0.6) is 11.6 Å². The number of aromatic nitrogens is 2. The summed E-state index contributed by atoms with van der Waals surface area (Å²) in [4.78, 5) is 65.7. The Labute approximate surface area is 309 Å². The standard InChI is InChI=1S/C37H50N6O9S/c1-6-22-15-21(4)9-7-8-10-23-18-37(23,35(46)42-53(49,50)26-12-13-26)41-32(44)29-17-25(19-43(29)34(45)31(22)40-36(47)48)52-33-30(20(2)3)38-27-14-11-24(51-5)16-28(27)39-33/h8,10-11,14,16,20-23,25-26,29,31,40H,6-7,9,12-13,15,17-19H2,1-5H3,(H,41,44)(H,42,46)(H,47,48)/b10-8-/t21-,22-,23?,25-,29+,31+,37?/m1/s1. The largest absolute Gasteiger partial charge is 0.497 e. The van der Waals surface area contributed by atoms with E-state index in [2.05, 4.69) is 22.3 Å². The van der Waals surface area contributed by atoms with Gasteiger partial charge in [0, 0.05) is 24.3 Å². The highest BCUT2D eigenvalue weighted by Gasteiger charge is 2.62. The smallest absolute Gasteiger partial charge is 0.405 e. The first-order chi connectivity index (χ1) is 25.1. The van der Waals surface area contributed by atoms with Crippen LogP contribution in [0.3, 0.4) is 0 Å². The predicted octanol–water partition coefficient (Wildman–Crippen LogP) is 3.63. The lowest BCUT2D eigenvalue weighted by Crippen LogP contribution is -2.59. The fourth-order valence-corrected chi connectivity index (χ4v) is 8.99. The Balaban J connectivity index is 1.36. The van der Waals surface area contributed by atoms with Gasteiger partial charge in [-0.1, -0.05) is 46.3 Å². The van der Waals surface area contributed by atoms with Crippen LogP contribution >= 0.6 is 0 Å². The van der Waals surface area contributed by atoms with Crippen molar-refractivity contribution in [2.45, 2.75) is 114 Å². The molecule has 0 radical (unpaired) electrons. The third-order valence-electron chi connectivity index (χ3n) is 10.9. The van der Waals surface area contributed by atoms with Gasteiger partial charge in [0.15, 0.2) is 0 Å². The molecule has 3 fully saturated rings. The van der Waals surface area contributed by atoms with E-state index in [1.54, 1.807) is 25.3 Å². The zero-order valence-electron chi connectivity index (χ0n) is 30.8. The molecule has 1 saturated heterocycles. The second kappa shape index (κ2) is 15.1. The molecule has 7 atom stereocenters. The van der Waals surface area contributed by atoms with Crippen molar-refractivity contribution in [1.29, 1.82) is 0 Å². The first kappa shape index (κ1) is 38.3. The van der Waals surface area contributed by atoms with Gasteiger partial charge in [-0.15, -0.1) is 0 Å². The van der Waals surface area contributed by atoms with Crippen molar-refractivity contribution in [3.8, 4) is 11.6 Å². The molecule has 6 rings (SSSR count). The Hall–Kier alpha value is -4.47. The molecular weight excluding hydrogens is 705 g/mol. The SMILES string of the molecule is CC[C@@H]1C[C@H](C)CC/C=C\C2CC2(C(=O)NS(=O)(=O)C2CC2)NC(=O)[C@@H]2C[C@@H](Oc3nc4cc(OC)ccc4nc3C(C)C)CN2C(=O)[C@H]1NC(=O)O. The minimum absolute atomic E-state index is 0.00149. The van der Waals surface area contributed by atoms with E-state index in [4.69, 9.17) is 19.4 Å².